The van der Waals surface area contributed by atoms with Crippen LogP contribution >= 0.6 is 11.6 Å². The Bertz CT molecular complexity index is 1300. The van der Waals surface area contributed by atoms with Crippen molar-refractivity contribution in [3.05, 3.63) is 47.5 Å². The molecule has 1 N–H and O–H groups in total. The summed E-state index contributed by atoms with van der Waals surface area (Å²) < 4.78 is 54.6. The second kappa shape index (κ2) is 10.9. The van der Waals surface area contributed by atoms with Crippen molar-refractivity contribution in [1.29, 1.82) is 0 Å². The van der Waals surface area contributed by atoms with Gasteiger partial charge in [0.15, 0.2) is 11.5 Å². The molecule has 0 amide bonds. The van der Waals surface area contributed by atoms with Gasteiger partial charge in [-0.3, -0.25) is 0 Å². The van der Waals surface area contributed by atoms with Crippen molar-refractivity contribution in [3.63, 3.8) is 0 Å². The highest BCUT2D eigenvalue weighted by molar-refractivity contribution is 7.86. The predicted octanol–water partition coefficient (Wildman–Crippen LogP) is 5.97. The number of halogens is 2. The van der Waals surface area contributed by atoms with Gasteiger partial charge in [0.05, 0.1) is 22.9 Å². The van der Waals surface area contributed by atoms with Crippen molar-refractivity contribution in [2.45, 2.75) is 57.8 Å². The first-order valence-electron chi connectivity index (χ1n) is 11.4. The second-order valence-corrected chi connectivity index (χ2v) is 10.5. The number of ether oxygens (including phenoxy) is 2. The molecule has 35 heavy (non-hydrogen) atoms. The van der Waals surface area contributed by atoms with Crippen molar-refractivity contribution < 1.29 is 26.5 Å². The maximum absolute atomic E-state index is 13.6. The molecule has 0 aliphatic heterocycles. The SMILES string of the molecule is CCCC(Oc1cc2c(Nc3ccc(F)c(Cl)c3)ncnc2cc1OC1CCCC1)OS(C)(=O)=O. The number of fused-ring (bicyclic) bond motifs is 1. The van der Waals surface area contributed by atoms with Crippen LogP contribution in [0, 0.1) is 5.82 Å². The third kappa shape index (κ3) is 6.71. The van der Waals surface area contributed by atoms with Gasteiger partial charge in [0.2, 0.25) is 6.29 Å². The van der Waals surface area contributed by atoms with E-state index in [9.17, 15) is 12.8 Å². The molecular weight excluding hydrogens is 497 g/mol. The van der Waals surface area contributed by atoms with Crippen molar-refractivity contribution in [3.8, 4) is 11.5 Å². The van der Waals surface area contributed by atoms with Crippen LogP contribution in [0.25, 0.3) is 10.9 Å². The van der Waals surface area contributed by atoms with Crippen LogP contribution in [-0.4, -0.2) is 37.0 Å². The molecule has 11 heteroatoms. The topological polar surface area (TPSA) is 99.6 Å². The smallest absolute Gasteiger partial charge is 0.267 e. The van der Waals surface area contributed by atoms with Crippen LogP contribution in [0.2, 0.25) is 5.02 Å². The summed E-state index contributed by atoms with van der Waals surface area (Å²) >= 11 is 5.92. The molecule has 1 unspecified atom stereocenters. The minimum absolute atomic E-state index is 0.0232. The van der Waals surface area contributed by atoms with Gasteiger partial charge in [-0.05, 0) is 49.9 Å². The van der Waals surface area contributed by atoms with Crippen LogP contribution in [0.4, 0.5) is 15.9 Å². The van der Waals surface area contributed by atoms with E-state index >= 15 is 0 Å². The van der Waals surface area contributed by atoms with Crippen LogP contribution in [0.1, 0.15) is 45.4 Å². The lowest BCUT2D eigenvalue weighted by atomic mass is 10.2. The van der Waals surface area contributed by atoms with Crippen molar-refractivity contribution in [2.24, 2.45) is 0 Å². The maximum atomic E-state index is 13.6. The molecule has 188 valence electrons. The zero-order valence-electron chi connectivity index (χ0n) is 19.5. The molecule has 0 spiro atoms. The zero-order chi connectivity index (χ0) is 25.0. The molecule has 0 radical (unpaired) electrons. The molecule has 3 aromatic rings. The lowest BCUT2D eigenvalue weighted by Crippen LogP contribution is -2.24. The number of aromatic nitrogens is 2. The van der Waals surface area contributed by atoms with Crippen LogP contribution in [0.5, 0.6) is 11.5 Å². The number of rotatable bonds is 10. The maximum Gasteiger partial charge on any atom is 0.267 e. The Morgan fingerprint density at radius 2 is 1.94 bits per heavy atom. The fraction of sp³-hybridized carbons (Fsp3) is 0.417. The molecular formula is C24H27ClFN3O5S. The standard InChI is InChI=1S/C24H27ClFN3O5S/c1-3-6-23(34-35(2,30)31)33-21-12-17-20(13-22(21)32-16-7-4-5-8-16)27-14-28-24(17)29-15-9-10-19(26)18(25)11-15/h9-14,16,23H,3-8H2,1-2H3,(H,27,28,29). The molecule has 1 fully saturated rings. The molecule has 1 aliphatic rings. The summed E-state index contributed by atoms with van der Waals surface area (Å²) in [6, 6.07) is 7.70. The van der Waals surface area contributed by atoms with E-state index in [1.54, 1.807) is 18.2 Å². The first-order chi connectivity index (χ1) is 16.7. The minimum atomic E-state index is -3.75. The molecule has 1 atom stereocenters. The van der Waals surface area contributed by atoms with E-state index < -0.39 is 22.2 Å². The zero-order valence-corrected chi connectivity index (χ0v) is 21.0. The van der Waals surface area contributed by atoms with Gasteiger partial charge in [-0.25, -0.2) is 18.5 Å². The first kappa shape index (κ1) is 25.4. The lowest BCUT2D eigenvalue weighted by molar-refractivity contribution is 0.00218. The van der Waals surface area contributed by atoms with Gasteiger partial charge in [0.1, 0.15) is 18.0 Å². The molecule has 1 saturated carbocycles. The lowest BCUT2D eigenvalue weighted by Gasteiger charge is -2.22. The summed E-state index contributed by atoms with van der Waals surface area (Å²) in [4.78, 5) is 8.69. The Kier molecular flexibility index (Phi) is 7.93. The first-order valence-corrected chi connectivity index (χ1v) is 13.6. The summed E-state index contributed by atoms with van der Waals surface area (Å²) in [6.45, 7) is 1.90. The number of benzene rings is 2. The monoisotopic (exact) mass is 523 g/mol. The summed E-state index contributed by atoms with van der Waals surface area (Å²) in [5.74, 6) is 0.687. The third-order valence-electron chi connectivity index (χ3n) is 5.54. The number of nitrogens with one attached hydrogen (secondary N) is 1. The van der Waals surface area contributed by atoms with Crippen LogP contribution < -0.4 is 14.8 Å². The summed E-state index contributed by atoms with van der Waals surface area (Å²) in [7, 11) is -3.75. The number of anilines is 2. The summed E-state index contributed by atoms with van der Waals surface area (Å²) in [6.07, 6.45) is 6.44. The summed E-state index contributed by atoms with van der Waals surface area (Å²) in [5.41, 5.74) is 1.13. The third-order valence-corrected chi connectivity index (χ3v) is 6.40. The van der Waals surface area contributed by atoms with Crippen LogP contribution in [-0.2, 0) is 14.3 Å². The molecule has 2 aromatic carbocycles. The molecule has 1 aliphatic carbocycles. The molecule has 0 bridgehead atoms. The highest BCUT2D eigenvalue weighted by atomic mass is 35.5. The van der Waals surface area contributed by atoms with Crippen molar-refractivity contribution in [1.82, 2.24) is 9.97 Å². The van der Waals surface area contributed by atoms with E-state index in [1.807, 2.05) is 6.92 Å². The Hall–Kier alpha value is -2.69. The van der Waals surface area contributed by atoms with Gasteiger partial charge in [-0.2, -0.15) is 8.42 Å². The van der Waals surface area contributed by atoms with Gasteiger partial charge in [-0.15, -0.1) is 0 Å². The Balaban J connectivity index is 1.74. The molecule has 4 rings (SSSR count). The van der Waals surface area contributed by atoms with Crippen molar-refractivity contribution >= 4 is 44.1 Å². The Morgan fingerprint density at radius 1 is 1.17 bits per heavy atom. The van der Waals surface area contributed by atoms with Crippen molar-refractivity contribution in [2.75, 3.05) is 11.6 Å². The van der Waals surface area contributed by atoms with Gasteiger partial charge < -0.3 is 14.8 Å². The Labute approximate surface area is 208 Å². The predicted molar refractivity (Wildman–Crippen MR) is 132 cm³/mol. The fourth-order valence-corrected chi connectivity index (χ4v) is 4.65. The van der Waals surface area contributed by atoms with Crippen LogP contribution in [0.15, 0.2) is 36.7 Å². The molecule has 1 heterocycles. The van der Waals surface area contributed by atoms with E-state index in [0.717, 1.165) is 31.9 Å². The molecule has 8 nitrogen and oxygen atoms in total. The van der Waals surface area contributed by atoms with Gasteiger partial charge >= 0.3 is 0 Å². The van der Waals surface area contributed by atoms with Gasteiger partial charge in [0.25, 0.3) is 10.1 Å². The molecule has 1 aromatic heterocycles. The highest BCUT2D eigenvalue weighted by Gasteiger charge is 2.23. The fourth-order valence-electron chi connectivity index (χ4n) is 3.94. The van der Waals surface area contributed by atoms with E-state index in [4.69, 9.17) is 25.3 Å². The second-order valence-electron chi connectivity index (χ2n) is 8.45. The van der Waals surface area contributed by atoms with E-state index in [2.05, 4.69) is 15.3 Å². The largest absolute Gasteiger partial charge is 0.486 e. The number of hydrogen-bond donors (Lipinski definition) is 1. The quantitative estimate of drug-likeness (QED) is 0.256. The highest BCUT2D eigenvalue weighted by Crippen LogP contribution is 2.38. The van der Waals surface area contributed by atoms with Crippen LogP contribution in [0.3, 0.4) is 0 Å². The average molecular weight is 524 g/mol. The van der Waals surface area contributed by atoms with E-state index in [0.29, 0.717) is 46.7 Å². The van der Waals surface area contributed by atoms with E-state index in [-0.39, 0.29) is 11.1 Å². The van der Waals surface area contributed by atoms with Gasteiger partial charge in [-0.1, -0.05) is 24.9 Å². The average Bonchev–Trinajstić information content (AvgIpc) is 3.29. The van der Waals surface area contributed by atoms with E-state index in [1.165, 1.54) is 18.5 Å². The number of hydrogen-bond acceptors (Lipinski definition) is 8. The number of nitrogens with zero attached hydrogens (tertiary/aromatic N) is 2. The van der Waals surface area contributed by atoms with Gasteiger partial charge in [0, 0.05) is 23.6 Å². The normalized spacial score (nSPS) is 15.3. The minimum Gasteiger partial charge on any atom is -0.486 e. The summed E-state index contributed by atoms with van der Waals surface area (Å²) in [5, 5.41) is 3.70. The Morgan fingerprint density at radius 3 is 2.63 bits per heavy atom. The molecule has 0 saturated heterocycles.